The maximum absolute atomic E-state index is 12.2. The Bertz CT molecular complexity index is 811. The summed E-state index contributed by atoms with van der Waals surface area (Å²) in [5.41, 5.74) is 8.83. The lowest BCUT2D eigenvalue weighted by atomic mass is 10.2. The van der Waals surface area contributed by atoms with Crippen LogP contribution in [0.3, 0.4) is 0 Å². The number of hydrogen-bond acceptors (Lipinski definition) is 3. The average molecular weight is 315 g/mol. The zero-order chi connectivity index (χ0) is 15.5. The summed E-state index contributed by atoms with van der Waals surface area (Å²) in [7, 11) is 0. The van der Waals surface area contributed by atoms with Crippen molar-refractivity contribution in [2.45, 2.75) is 13.1 Å². The number of nitrogens with zero attached hydrogens (tertiary/aromatic N) is 2. The molecule has 0 saturated carbocycles. The number of carbonyl (C=O) groups excluding carboxylic acids is 1. The van der Waals surface area contributed by atoms with Gasteiger partial charge >= 0.3 is 0 Å². The minimum Gasteiger partial charge on any atom is -0.326 e. The molecule has 6 heteroatoms. The quantitative estimate of drug-likeness (QED) is 0.777. The van der Waals surface area contributed by atoms with Crippen molar-refractivity contribution in [3.05, 3.63) is 59.4 Å². The minimum absolute atomic E-state index is 0.139. The van der Waals surface area contributed by atoms with E-state index in [2.05, 4.69) is 10.3 Å². The van der Waals surface area contributed by atoms with E-state index in [-0.39, 0.29) is 12.5 Å². The molecule has 1 aromatic heterocycles. The van der Waals surface area contributed by atoms with Crippen LogP contribution in [0.25, 0.3) is 11.0 Å². The molecule has 3 rings (SSSR count). The van der Waals surface area contributed by atoms with E-state index in [9.17, 15) is 4.79 Å². The first-order valence-corrected chi connectivity index (χ1v) is 7.23. The summed E-state index contributed by atoms with van der Waals surface area (Å²) in [6.07, 6.45) is 1.62. The van der Waals surface area contributed by atoms with Crippen LogP contribution in [0.1, 0.15) is 5.56 Å². The van der Waals surface area contributed by atoms with Crippen LogP contribution in [0, 0.1) is 0 Å². The molecule has 0 aliphatic carbocycles. The third-order valence-electron chi connectivity index (χ3n) is 3.38. The smallest absolute Gasteiger partial charge is 0.244 e. The molecule has 0 atom stereocenters. The van der Waals surface area contributed by atoms with E-state index in [4.69, 9.17) is 17.3 Å². The molecule has 3 aromatic rings. The number of nitrogens with one attached hydrogen (secondary N) is 1. The molecule has 2 aromatic carbocycles. The summed E-state index contributed by atoms with van der Waals surface area (Å²) >= 11 is 6.18. The molecule has 0 unspecified atom stereocenters. The maximum Gasteiger partial charge on any atom is 0.244 e. The number of aromatic nitrogens is 2. The summed E-state index contributed by atoms with van der Waals surface area (Å²) in [6.45, 7) is 0.632. The lowest BCUT2D eigenvalue weighted by molar-refractivity contribution is -0.116. The van der Waals surface area contributed by atoms with Gasteiger partial charge in [-0.25, -0.2) is 4.98 Å². The van der Waals surface area contributed by atoms with Gasteiger partial charge in [0, 0.05) is 12.2 Å². The molecule has 0 fully saturated rings. The second kappa shape index (κ2) is 6.17. The Morgan fingerprint density at radius 3 is 2.73 bits per heavy atom. The van der Waals surface area contributed by atoms with Gasteiger partial charge in [-0.2, -0.15) is 0 Å². The van der Waals surface area contributed by atoms with Crippen molar-refractivity contribution >= 4 is 34.2 Å². The molecule has 112 valence electrons. The van der Waals surface area contributed by atoms with Crippen LogP contribution in [-0.4, -0.2) is 15.5 Å². The standard InChI is InChI=1S/C16H15ClN4O/c17-13-2-1-3-14-16(13)21(10-19-14)9-15(22)20-12-6-4-11(8-18)5-7-12/h1-7,10H,8-9,18H2,(H,20,22). The Morgan fingerprint density at radius 2 is 2.00 bits per heavy atom. The molecule has 0 saturated heterocycles. The van der Waals surface area contributed by atoms with Crippen molar-refractivity contribution in [2.24, 2.45) is 5.73 Å². The average Bonchev–Trinajstić information content (AvgIpc) is 2.92. The highest BCUT2D eigenvalue weighted by Gasteiger charge is 2.10. The van der Waals surface area contributed by atoms with Crippen molar-refractivity contribution in [2.75, 3.05) is 5.32 Å². The second-order valence-corrected chi connectivity index (χ2v) is 5.34. The highest BCUT2D eigenvalue weighted by atomic mass is 35.5. The Morgan fingerprint density at radius 1 is 1.23 bits per heavy atom. The predicted octanol–water partition coefficient (Wildman–Crippen LogP) is 2.79. The molecule has 22 heavy (non-hydrogen) atoms. The summed E-state index contributed by atoms with van der Waals surface area (Å²) in [6, 6.07) is 12.9. The maximum atomic E-state index is 12.2. The molecule has 5 nitrogen and oxygen atoms in total. The first-order chi connectivity index (χ1) is 10.7. The fourth-order valence-electron chi connectivity index (χ4n) is 2.28. The van der Waals surface area contributed by atoms with Gasteiger partial charge in [-0.05, 0) is 29.8 Å². The van der Waals surface area contributed by atoms with E-state index in [1.165, 1.54) is 0 Å². The Balaban J connectivity index is 1.75. The van der Waals surface area contributed by atoms with E-state index >= 15 is 0 Å². The number of anilines is 1. The minimum atomic E-state index is -0.139. The molecule has 3 N–H and O–H groups in total. The molecule has 1 heterocycles. The third kappa shape index (κ3) is 2.95. The van der Waals surface area contributed by atoms with Crippen LogP contribution >= 0.6 is 11.6 Å². The first kappa shape index (κ1) is 14.6. The number of para-hydroxylation sites is 1. The van der Waals surface area contributed by atoms with Gasteiger partial charge in [0.25, 0.3) is 0 Å². The molecular formula is C16H15ClN4O. The summed E-state index contributed by atoms with van der Waals surface area (Å²) < 4.78 is 1.74. The van der Waals surface area contributed by atoms with Gasteiger partial charge < -0.3 is 15.6 Å². The van der Waals surface area contributed by atoms with Gasteiger partial charge in [-0.15, -0.1) is 0 Å². The highest BCUT2D eigenvalue weighted by molar-refractivity contribution is 6.35. The fraction of sp³-hybridized carbons (Fsp3) is 0.125. The molecular weight excluding hydrogens is 300 g/mol. The fourth-order valence-corrected chi connectivity index (χ4v) is 2.56. The number of fused-ring (bicyclic) bond motifs is 1. The van der Waals surface area contributed by atoms with Crippen molar-refractivity contribution in [1.29, 1.82) is 0 Å². The predicted molar refractivity (Wildman–Crippen MR) is 87.7 cm³/mol. The van der Waals surface area contributed by atoms with Gasteiger partial charge in [0.15, 0.2) is 0 Å². The number of amides is 1. The Labute approximate surface area is 132 Å². The largest absolute Gasteiger partial charge is 0.326 e. The molecule has 0 aliphatic rings. The van der Waals surface area contributed by atoms with Gasteiger partial charge in [0.2, 0.25) is 5.91 Å². The van der Waals surface area contributed by atoms with Crippen molar-refractivity contribution < 1.29 is 4.79 Å². The van der Waals surface area contributed by atoms with Crippen LogP contribution in [0.4, 0.5) is 5.69 Å². The number of carbonyl (C=O) groups is 1. The topological polar surface area (TPSA) is 72.9 Å². The number of rotatable bonds is 4. The molecule has 0 spiro atoms. The number of nitrogens with two attached hydrogens (primary N) is 1. The van der Waals surface area contributed by atoms with Crippen LogP contribution in [-0.2, 0) is 17.9 Å². The second-order valence-electron chi connectivity index (χ2n) is 4.93. The number of benzene rings is 2. The van der Waals surface area contributed by atoms with Crippen molar-refractivity contribution in [3.8, 4) is 0 Å². The summed E-state index contributed by atoms with van der Waals surface area (Å²) in [5.74, 6) is -0.139. The Kier molecular flexibility index (Phi) is 4.09. The van der Waals surface area contributed by atoms with Crippen LogP contribution in [0.2, 0.25) is 5.02 Å². The van der Waals surface area contributed by atoms with E-state index < -0.39 is 0 Å². The van der Waals surface area contributed by atoms with E-state index in [1.54, 1.807) is 17.0 Å². The molecule has 0 bridgehead atoms. The van der Waals surface area contributed by atoms with Crippen molar-refractivity contribution in [1.82, 2.24) is 9.55 Å². The molecule has 0 aliphatic heterocycles. The zero-order valence-corrected chi connectivity index (χ0v) is 12.5. The SMILES string of the molecule is NCc1ccc(NC(=O)Cn2cnc3cccc(Cl)c32)cc1. The van der Waals surface area contributed by atoms with E-state index in [0.717, 1.165) is 22.3 Å². The lowest BCUT2D eigenvalue weighted by Gasteiger charge is -2.08. The number of imidazole rings is 1. The van der Waals surface area contributed by atoms with Gasteiger partial charge in [-0.3, -0.25) is 4.79 Å². The number of halogens is 1. The molecule has 1 amide bonds. The monoisotopic (exact) mass is 314 g/mol. The normalized spacial score (nSPS) is 10.8. The third-order valence-corrected chi connectivity index (χ3v) is 3.68. The van der Waals surface area contributed by atoms with E-state index in [0.29, 0.717) is 11.6 Å². The van der Waals surface area contributed by atoms with Gasteiger partial charge in [0.05, 0.1) is 22.4 Å². The summed E-state index contributed by atoms with van der Waals surface area (Å²) in [5, 5.41) is 3.42. The first-order valence-electron chi connectivity index (χ1n) is 6.85. The van der Waals surface area contributed by atoms with Gasteiger partial charge in [-0.1, -0.05) is 29.8 Å². The molecule has 0 radical (unpaired) electrons. The zero-order valence-electron chi connectivity index (χ0n) is 11.8. The summed E-state index contributed by atoms with van der Waals surface area (Å²) in [4.78, 5) is 16.4. The van der Waals surface area contributed by atoms with Crippen molar-refractivity contribution in [3.63, 3.8) is 0 Å². The van der Waals surface area contributed by atoms with E-state index in [1.807, 2.05) is 36.4 Å². The van der Waals surface area contributed by atoms with Gasteiger partial charge in [0.1, 0.15) is 6.54 Å². The van der Waals surface area contributed by atoms with Crippen LogP contribution in [0.15, 0.2) is 48.8 Å². The Hall–Kier alpha value is -2.37. The van der Waals surface area contributed by atoms with Crippen LogP contribution < -0.4 is 11.1 Å². The van der Waals surface area contributed by atoms with Crippen LogP contribution in [0.5, 0.6) is 0 Å². The highest BCUT2D eigenvalue weighted by Crippen LogP contribution is 2.22. The number of hydrogen-bond donors (Lipinski definition) is 2. The lowest BCUT2D eigenvalue weighted by Crippen LogP contribution is -2.18.